The van der Waals surface area contributed by atoms with Gasteiger partial charge in [-0.25, -0.2) is 8.42 Å². The molecule has 0 N–H and O–H groups in total. The van der Waals surface area contributed by atoms with Gasteiger partial charge in [-0.15, -0.1) is 0 Å². The third kappa shape index (κ3) is 1.16. The van der Waals surface area contributed by atoms with Crippen LogP contribution in [0.4, 0.5) is 0 Å². The van der Waals surface area contributed by atoms with E-state index < -0.39 is 10.0 Å². The summed E-state index contributed by atoms with van der Waals surface area (Å²) in [6, 6.07) is 0.708. The first-order chi connectivity index (χ1) is 5.48. The molecule has 4 nitrogen and oxygen atoms in total. The first kappa shape index (κ1) is 8.47. The van der Waals surface area contributed by atoms with Gasteiger partial charge in [0.25, 0.3) is 0 Å². The van der Waals surface area contributed by atoms with Gasteiger partial charge in [-0.3, -0.25) is 0 Å². The summed E-state index contributed by atoms with van der Waals surface area (Å²) in [7, 11) is -0.890. The Morgan fingerprint density at radius 1 is 1.25 bits per heavy atom. The standard InChI is InChI=1S/C7H14N2O2S/c1-8-4-7-3-6(8)5-9(7)12(2,10)11/h6-7H,3-5H2,1-2H3/t6-,7-/m1/s1. The van der Waals surface area contributed by atoms with Gasteiger partial charge in [0, 0.05) is 25.2 Å². The molecule has 5 heteroatoms. The van der Waals surface area contributed by atoms with Crippen LogP contribution in [0.1, 0.15) is 6.42 Å². The van der Waals surface area contributed by atoms with Crippen molar-refractivity contribution in [2.24, 2.45) is 0 Å². The Bertz CT molecular complexity index is 286. The van der Waals surface area contributed by atoms with Crippen molar-refractivity contribution in [3.8, 4) is 0 Å². The molecule has 2 fully saturated rings. The van der Waals surface area contributed by atoms with Crippen LogP contribution in [0.2, 0.25) is 0 Å². The van der Waals surface area contributed by atoms with E-state index in [0.717, 1.165) is 13.0 Å². The van der Waals surface area contributed by atoms with E-state index in [4.69, 9.17) is 0 Å². The van der Waals surface area contributed by atoms with Gasteiger partial charge < -0.3 is 4.90 Å². The average molecular weight is 190 g/mol. The van der Waals surface area contributed by atoms with E-state index in [1.54, 1.807) is 4.31 Å². The van der Waals surface area contributed by atoms with E-state index in [2.05, 4.69) is 11.9 Å². The number of rotatable bonds is 1. The minimum Gasteiger partial charge on any atom is -0.300 e. The monoisotopic (exact) mass is 190 g/mol. The van der Waals surface area contributed by atoms with E-state index in [-0.39, 0.29) is 6.04 Å². The lowest BCUT2D eigenvalue weighted by Gasteiger charge is -2.29. The van der Waals surface area contributed by atoms with Crippen LogP contribution in [0.25, 0.3) is 0 Å². The summed E-state index contributed by atoms with van der Waals surface area (Å²) in [6.45, 7) is 1.59. The molecule has 0 amide bonds. The number of piperazine rings is 1. The highest BCUT2D eigenvalue weighted by Crippen LogP contribution is 2.30. The molecule has 0 aromatic rings. The first-order valence-electron chi connectivity index (χ1n) is 4.15. The largest absolute Gasteiger partial charge is 0.300 e. The molecule has 0 radical (unpaired) electrons. The van der Waals surface area contributed by atoms with Gasteiger partial charge in [-0.1, -0.05) is 0 Å². The van der Waals surface area contributed by atoms with Crippen LogP contribution in [0.15, 0.2) is 0 Å². The summed E-state index contributed by atoms with van der Waals surface area (Å²) >= 11 is 0. The molecule has 2 aliphatic heterocycles. The van der Waals surface area contributed by atoms with Crippen LogP contribution in [-0.2, 0) is 10.0 Å². The summed E-state index contributed by atoms with van der Waals surface area (Å²) in [6.07, 6.45) is 2.32. The molecule has 2 rings (SSSR count). The molecule has 70 valence electrons. The fourth-order valence-corrected chi connectivity index (χ4v) is 3.37. The fourth-order valence-electron chi connectivity index (χ4n) is 2.24. The molecule has 0 unspecified atom stereocenters. The molecule has 0 spiro atoms. The smallest absolute Gasteiger partial charge is 0.211 e. The molecule has 2 bridgehead atoms. The van der Waals surface area contributed by atoms with E-state index in [1.807, 2.05) is 0 Å². The number of likely N-dealkylation sites (tertiary alicyclic amines) is 1. The van der Waals surface area contributed by atoms with E-state index in [1.165, 1.54) is 6.26 Å². The summed E-state index contributed by atoms with van der Waals surface area (Å²) in [5, 5.41) is 0. The maximum absolute atomic E-state index is 11.2. The van der Waals surface area contributed by atoms with Crippen molar-refractivity contribution in [1.29, 1.82) is 0 Å². The average Bonchev–Trinajstić information content (AvgIpc) is 2.41. The summed E-state index contributed by atoms with van der Waals surface area (Å²) in [5.74, 6) is 0. The van der Waals surface area contributed by atoms with E-state index >= 15 is 0 Å². The molecule has 12 heavy (non-hydrogen) atoms. The Morgan fingerprint density at radius 2 is 1.92 bits per heavy atom. The molecule has 2 atom stereocenters. The maximum Gasteiger partial charge on any atom is 0.211 e. The number of likely N-dealkylation sites (N-methyl/N-ethyl adjacent to an activating group) is 1. The first-order valence-corrected chi connectivity index (χ1v) is 6.00. The van der Waals surface area contributed by atoms with Crippen LogP contribution in [-0.4, -0.2) is 56.1 Å². The normalized spacial score (nSPS) is 37.8. The van der Waals surface area contributed by atoms with Crippen molar-refractivity contribution < 1.29 is 8.42 Å². The summed E-state index contributed by atoms with van der Waals surface area (Å²) < 4.78 is 24.1. The SMILES string of the molecule is CN1C[C@H]2C[C@@H]1CN2S(C)(=O)=O. The molecule has 0 saturated carbocycles. The van der Waals surface area contributed by atoms with Crippen molar-refractivity contribution in [3.63, 3.8) is 0 Å². The summed E-state index contributed by atoms with van der Waals surface area (Å²) in [4.78, 5) is 2.24. The second kappa shape index (κ2) is 2.43. The molecule has 0 aromatic heterocycles. The van der Waals surface area contributed by atoms with Gasteiger partial charge in [0.15, 0.2) is 0 Å². The number of sulfonamides is 1. The lowest BCUT2D eigenvalue weighted by molar-refractivity contribution is 0.217. The Kier molecular flexibility index (Phi) is 1.72. The maximum atomic E-state index is 11.2. The lowest BCUT2D eigenvalue weighted by atomic mass is 10.2. The minimum absolute atomic E-state index is 0.245. The molecule has 0 aromatic carbocycles. The quantitative estimate of drug-likeness (QED) is 0.551. The number of fused-ring (bicyclic) bond motifs is 2. The van der Waals surface area contributed by atoms with Crippen molar-refractivity contribution in [1.82, 2.24) is 9.21 Å². The van der Waals surface area contributed by atoms with Crippen molar-refractivity contribution in [3.05, 3.63) is 0 Å². The summed E-state index contributed by atoms with van der Waals surface area (Å²) in [5.41, 5.74) is 0. The van der Waals surface area contributed by atoms with Crippen molar-refractivity contribution in [2.75, 3.05) is 26.4 Å². The van der Waals surface area contributed by atoms with Crippen molar-refractivity contribution >= 4 is 10.0 Å². The molecular formula is C7H14N2O2S. The zero-order valence-electron chi connectivity index (χ0n) is 7.40. The zero-order chi connectivity index (χ0) is 8.93. The van der Waals surface area contributed by atoms with Crippen molar-refractivity contribution in [2.45, 2.75) is 18.5 Å². The third-order valence-corrected chi connectivity index (χ3v) is 4.19. The number of hydrogen-bond acceptors (Lipinski definition) is 3. The Morgan fingerprint density at radius 3 is 2.25 bits per heavy atom. The molecule has 2 saturated heterocycles. The molecule has 0 aliphatic carbocycles. The predicted octanol–water partition coefficient (Wildman–Crippen LogP) is -0.666. The topological polar surface area (TPSA) is 40.6 Å². The Hall–Kier alpha value is -0.130. The molecular weight excluding hydrogens is 176 g/mol. The van der Waals surface area contributed by atoms with Crippen LogP contribution in [0.3, 0.4) is 0 Å². The van der Waals surface area contributed by atoms with Gasteiger partial charge in [-0.2, -0.15) is 4.31 Å². The third-order valence-electron chi connectivity index (χ3n) is 2.89. The lowest BCUT2D eigenvalue weighted by Crippen LogP contribution is -2.46. The number of hydrogen-bond donors (Lipinski definition) is 0. The van der Waals surface area contributed by atoms with E-state index in [0.29, 0.717) is 12.6 Å². The molecule has 2 aliphatic rings. The van der Waals surface area contributed by atoms with Gasteiger partial charge >= 0.3 is 0 Å². The zero-order valence-corrected chi connectivity index (χ0v) is 8.21. The van der Waals surface area contributed by atoms with Gasteiger partial charge in [0.1, 0.15) is 0 Å². The highest BCUT2D eigenvalue weighted by molar-refractivity contribution is 7.88. The van der Waals surface area contributed by atoms with Gasteiger partial charge in [0.2, 0.25) is 10.0 Å². The Labute approximate surface area is 73.2 Å². The predicted molar refractivity (Wildman–Crippen MR) is 46.4 cm³/mol. The minimum atomic E-state index is -2.95. The van der Waals surface area contributed by atoms with E-state index in [9.17, 15) is 8.42 Å². The molecule has 2 heterocycles. The highest BCUT2D eigenvalue weighted by atomic mass is 32.2. The second-order valence-electron chi connectivity index (χ2n) is 3.82. The van der Waals surface area contributed by atoms with Gasteiger partial charge in [0.05, 0.1) is 6.26 Å². The van der Waals surface area contributed by atoms with Crippen LogP contribution < -0.4 is 0 Å². The van der Waals surface area contributed by atoms with Crippen LogP contribution in [0, 0.1) is 0 Å². The highest BCUT2D eigenvalue weighted by Gasteiger charge is 2.45. The van der Waals surface area contributed by atoms with Crippen LogP contribution >= 0.6 is 0 Å². The van der Waals surface area contributed by atoms with Crippen LogP contribution in [0.5, 0.6) is 0 Å². The second-order valence-corrected chi connectivity index (χ2v) is 5.75. The Balaban J connectivity index is 2.18. The van der Waals surface area contributed by atoms with Gasteiger partial charge in [-0.05, 0) is 13.5 Å². The number of nitrogens with zero attached hydrogens (tertiary/aromatic N) is 2. The fraction of sp³-hybridized carbons (Fsp3) is 1.00.